The summed E-state index contributed by atoms with van der Waals surface area (Å²) in [5.74, 6) is 0.230. The minimum Gasteiger partial charge on any atom is -0.336 e. The number of amides is 1. The van der Waals surface area contributed by atoms with Crippen molar-refractivity contribution in [1.82, 2.24) is 15.1 Å². The molecule has 1 amide bonds. The normalized spacial score (nSPS) is 30.1. The molecule has 0 aromatic heterocycles. The van der Waals surface area contributed by atoms with Crippen LogP contribution >= 0.6 is 0 Å². The summed E-state index contributed by atoms with van der Waals surface area (Å²) in [6.45, 7) is 9.79. The van der Waals surface area contributed by atoms with E-state index in [1.54, 1.807) is 0 Å². The van der Waals surface area contributed by atoms with Crippen molar-refractivity contribution in [3.05, 3.63) is 11.1 Å². The van der Waals surface area contributed by atoms with Crippen LogP contribution in [0.25, 0.3) is 0 Å². The summed E-state index contributed by atoms with van der Waals surface area (Å²) in [5, 5.41) is 3.19. The number of carbonyl (C=O) groups excluding carboxylic acids is 1. The van der Waals surface area contributed by atoms with Gasteiger partial charge in [-0.1, -0.05) is 0 Å². The molecule has 2 atom stereocenters. The van der Waals surface area contributed by atoms with Gasteiger partial charge in [0.05, 0.1) is 0 Å². The molecule has 2 fully saturated rings. The van der Waals surface area contributed by atoms with Gasteiger partial charge in [0.1, 0.15) is 0 Å². The van der Waals surface area contributed by atoms with Crippen LogP contribution in [0, 0.1) is 0 Å². The lowest BCUT2D eigenvalue weighted by molar-refractivity contribution is -0.131. The highest BCUT2D eigenvalue weighted by Gasteiger charge is 2.30. The molecule has 0 aromatic carbocycles. The van der Waals surface area contributed by atoms with E-state index in [0.29, 0.717) is 12.1 Å². The second-order valence-corrected chi connectivity index (χ2v) is 5.41. The fourth-order valence-electron chi connectivity index (χ4n) is 2.47. The first-order valence-corrected chi connectivity index (χ1v) is 6.41. The standard InChI is InChI=1S/C13H23N3O/c1-9-7-16(8-10(2)15(9)4)13(17)11(3)12-5-14-6-12/h9-10,14H,5-8H2,1-4H3. The van der Waals surface area contributed by atoms with Crippen LogP contribution in [0.3, 0.4) is 0 Å². The predicted octanol–water partition coefficient (Wildman–Crippen LogP) is 0.457. The first-order valence-electron chi connectivity index (χ1n) is 6.41. The van der Waals surface area contributed by atoms with Crippen molar-refractivity contribution in [3.8, 4) is 0 Å². The summed E-state index contributed by atoms with van der Waals surface area (Å²) in [6, 6.07) is 0.889. The van der Waals surface area contributed by atoms with E-state index in [2.05, 4.69) is 31.1 Å². The van der Waals surface area contributed by atoms with Crippen LogP contribution < -0.4 is 5.32 Å². The number of rotatable bonds is 1. The van der Waals surface area contributed by atoms with Crippen LogP contribution in [0.15, 0.2) is 11.1 Å². The topological polar surface area (TPSA) is 35.6 Å². The monoisotopic (exact) mass is 237 g/mol. The van der Waals surface area contributed by atoms with E-state index in [1.165, 1.54) is 5.57 Å². The van der Waals surface area contributed by atoms with Crippen molar-refractivity contribution in [2.45, 2.75) is 32.9 Å². The number of nitrogens with one attached hydrogen (secondary N) is 1. The molecule has 2 saturated heterocycles. The molecule has 0 saturated carbocycles. The van der Waals surface area contributed by atoms with Gasteiger partial charge in [0, 0.05) is 43.8 Å². The highest BCUT2D eigenvalue weighted by atomic mass is 16.2. The molecule has 2 heterocycles. The molecular formula is C13H23N3O. The first kappa shape index (κ1) is 12.6. The number of hydrogen-bond acceptors (Lipinski definition) is 3. The lowest BCUT2D eigenvalue weighted by Crippen LogP contribution is -2.56. The maximum Gasteiger partial charge on any atom is 0.249 e. The smallest absolute Gasteiger partial charge is 0.249 e. The summed E-state index contributed by atoms with van der Waals surface area (Å²) >= 11 is 0. The Morgan fingerprint density at radius 2 is 1.76 bits per heavy atom. The van der Waals surface area contributed by atoms with Crippen LogP contribution in [-0.2, 0) is 4.79 Å². The van der Waals surface area contributed by atoms with E-state index in [9.17, 15) is 4.79 Å². The summed E-state index contributed by atoms with van der Waals surface area (Å²) in [5.41, 5.74) is 2.22. The molecule has 2 unspecified atom stereocenters. The highest BCUT2D eigenvalue weighted by Crippen LogP contribution is 2.18. The zero-order valence-electron chi connectivity index (χ0n) is 11.3. The van der Waals surface area contributed by atoms with Crippen LogP contribution in [0.2, 0.25) is 0 Å². The fraction of sp³-hybridized carbons (Fsp3) is 0.769. The van der Waals surface area contributed by atoms with Crippen molar-refractivity contribution in [1.29, 1.82) is 0 Å². The van der Waals surface area contributed by atoms with Crippen LogP contribution in [0.1, 0.15) is 20.8 Å². The number of likely N-dealkylation sites (N-methyl/N-ethyl adjacent to an activating group) is 1. The molecule has 0 spiro atoms. The largest absolute Gasteiger partial charge is 0.336 e. The Kier molecular flexibility index (Phi) is 3.54. The SMILES string of the molecule is CC(C(=O)N1CC(C)N(C)C(C)C1)=C1CNC1. The second-order valence-electron chi connectivity index (χ2n) is 5.41. The van der Waals surface area contributed by atoms with Gasteiger partial charge in [0.2, 0.25) is 5.91 Å². The molecule has 4 heteroatoms. The molecule has 0 radical (unpaired) electrons. The maximum absolute atomic E-state index is 12.4. The summed E-state index contributed by atoms with van der Waals surface area (Å²) < 4.78 is 0. The summed E-state index contributed by atoms with van der Waals surface area (Å²) in [4.78, 5) is 16.7. The zero-order valence-corrected chi connectivity index (χ0v) is 11.3. The first-order chi connectivity index (χ1) is 8.00. The fourth-order valence-corrected chi connectivity index (χ4v) is 2.47. The number of nitrogens with zero attached hydrogens (tertiary/aromatic N) is 2. The van der Waals surface area contributed by atoms with E-state index in [-0.39, 0.29) is 5.91 Å². The predicted molar refractivity (Wildman–Crippen MR) is 68.8 cm³/mol. The van der Waals surface area contributed by atoms with Crippen LogP contribution in [0.4, 0.5) is 0 Å². The third kappa shape index (κ3) is 2.38. The van der Waals surface area contributed by atoms with Crippen molar-refractivity contribution in [2.75, 3.05) is 33.2 Å². The Balaban J connectivity index is 2.05. The van der Waals surface area contributed by atoms with E-state index in [4.69, 9.17) is 0 Å². The summed E-state index contributed by atoms with van der Waals surface area (Å²) in [6.07, 6.45) is 0. The van der Waals surface area contributed by atoms with Crippen LogP contribution in [0.5, 0.6) is 0 Å². The molecule has 2 rings (SSSR count). The zero-order chi connectivity index (χ0) is 12.6. The van der Waals surface area contributed by atoms with E-state index in [0.717, 1.165) is 31.8 Å². The number of carbonyl (C=O) groups is 1. The van der Waals surface area contributed by atoms with Gasteiger partial charge in [-0.2, -0.15) is 0 Å². The Morgan fingerprint density at radius 1 is 1.24 bits per heavy atom. The minimum atomic E-state index is 0.230. The van der Waals surface area contributed by atoms with Crippen LogP contribution in [-0.4, -0.2) is 61.0 Å². The summed E-state index contributed by atoms with van der Waals surface area (Å²) in [7, 11) is 2.14. The number of piperazine rings is 1. The van der Waals surface area contributed by atoms with Gasteiger partial charge >= 0.3 is 0 Å². The molecular weight excluding hydrogens is 214 g/mol. The third-order valence-corrected chi connectivity index (χ3v) is 4.17. The molecule has 1 N–H and O–H groups in total. The van der Waals surface area contributed by atoms with Crippen molar-refractivity contribution in [3.63, 3.8) is 0 Å². The van der Waals surface area contributed by atoms with Gasteiger partial charge in [0.25, 0.3) is 0 Å². The van der Waals surface area contributed by atoms with Gasteiger partial charge in [-0.3, -0.25) is 9.69 Å². The van der Waals surface area contributed by atoms with Gasteiger partial charge in [-0.15, -0.1) is 0 Å². The van der Waals surface area contributed by atoms with Crippen molar-refractivity contribution < 1.29 is 4.79 Å². The van der Waals surface area contributed by atoms with Crippen molar-refractivity contribution in [2.24, 2.45) is 0 Å². The lowest BCUT2D eigenvalue weighted by atomic mass is 10.0. The van der Waals surface area contributed by atoms with Crippen molar-refractivity contribution >= 4 is 5.91 Å². The molecule has 2 aliphatic heterocycles. The van der Waals surface area contributed by atoms with Gasteiger partial charge in [-0.25, -0.2) is 0 Å². The Morgan fingerprint density at radius 3 is 2.18 bits per heavy atom. The average Bonchev–Trinajstić information content (AvgIpc) is 2.21. The lowest BCUT2D eigenvalue weighted by Gasteiger charge is -2.42. The Hall–Kier alpha value is -0.870. The molecule has 0 aromatic rings. The Labute approximate surface area is 104 Å². The number of hydrogen-bond donors (Lipinski definition) is 1. The maximum atomic E-state index is 12.4. The Bertz CT molecular complexity index is 333. The molecule has 4 nitrogen and oxygen atoms in total. The second kappa shape index (κ2) is 4.78. The molecule has 2 aliphatic rings. The molecule has 17 heavy (non-hydrogen) atoms. The van der Waals surface area contributed by atoms with Gasteiger partial charge in [0.15, 0.2) is 0 Å². The molecule has 0 aliphatic carbocycles. The quantitative estimate of drug-likeness (QED) is 0.673. The van der Waals surface area contributed by atoms with Gasteiger partial charge < -0.3 is 10.2 Å². The van der Waals surface area contributed by atoms with E-state index in [1.807, 2.05) is 11.8 Å². The third-order valence-electron chi connectivity index (χ3n) is 4.17. The molecule has 96 valence electrons. The van der Waals surface area contributed by atoms with E-state index >= 15 is 0 Å². The molecule has 0 bridgehead atoms. The average molecular weight is 237 g/mol. The van der Waals surface area contributed by atoms with Gasteiger partial charge in [-0.05, 0) is 33.4 Å². The highest BCUT2D eigenvalue weighted by molar-refractivity contribution is 5.94. The minimum absolute atomic E-state index is 0.230. The van der Waals surface area contributed by atoms with E-state index < -0.39 is 0 Å².